The van der Waals surface area contributed by atoms with Gasteiger partial charge in [0, 0.05) is 10.6 Å². The van der Waals surface area contributed by atoms with Gasteiger partial charge in [0.1, 0.15) is 22.0 Å². The van der Waals surface area contributed by atoms with Crippen molar-refractivity contribution in [3.8, 4) is 0 Å². The third-order valence-corrected chi connectivity index (χ3v) is 4.43. The van der Waals surface area contributed by atoms with Crippen LogP contribution in [-0.4, -0.2) is 20.2 Å². The van der Waals surface area contributed by atoms with Crippen LogP contribution in [0.2, 0.25) is 5.02 Å². The van der Waals surface area contributed by atoms with Gasteiger partial charge in [-0.1, -0.05) is 11.6 Å². The molecule has 8 nitrogen and oxygen atoms in total. The maximum atomic E-state index is 12.2. The summed E-state index contributed by atoms with van der Waals surface area (Å²) in [5.74, 6) is -1.41. The third kappa shape index (κ3) is 3.75. The van der Waals surface area contributed by atoms with Gasteiger partial charge in [-0.3, -0.25) is 20.4 Å². The highest BCUT2D eigenvalue weighted by Crippen LogP contribution is 2.25. The number of amides is 2. The van der Waals surface area contributed by atoms with Gasteiger partial charge in [0.25, 0.3) is 11.8 Å². The highest BCUT2D eigenvalue weighted by molar-refractivity contribution is 7.89. The van der Waals surface area contributed by atoms with E-state index in [1.54, 1.807) is 0 Å². The highest BCUT2D eigenvalue weighted by atomic mass is 35.5. The van der Waals surface area contributed by atoms with Crippen molar-refractivity contribution in [2.45, 2.75) is 18.7 Å². The number of carbonyl (C=O) groups excluding carboxylic acids is 2. The van der Waals surface area contributed by atoms with Crippen LogP contribution < -0.4 is 16.0 Å². The number of primary sulfonamides is 1. The molecule has 128 valence electrons. The summed E-state index contributed by atoms with van der Waals surface area (Å²) in [6.07, 6.45) is 0. The Morgan fingerprint density at radius 3 is 2.12 bits per heavy atom. The average Bonchev–Trinajstić information content (AvgIpc) is 2.79. The van der Waals surface area contributed by atoms with Crippen LogP contribution in [0.4, 0.5) is 0 Å². The molecule has 2 aromatic rings. The summed E-state index contributed by atoms with van der Waals surface area (Å²) in [5.41, 5.74) is 4.30. The van der Waals surface area contributed by atoms with Crippen molar-refractivity contribution in [2.75, 3.05) is 0 Å². The Morgan fingerprint density at radius 1 is 1.04 bits per heavy atom. The van der Waals surface area contributed by atoms with Gasteiger partial charge in [-0.25, -0.2) is 13.6 Å². The SMILES string of the molecule is Cc1oc(C)c(S(N)(=O)=O)c1C(=O)NNC(=O)c1ccc(Cl)cc1. The fraction of sp³-hybridized carbons (Fsp3) is 0.143. The molecule has 0 radical (unpaired) electrons. The molecule has 0 bridgehead atoms. The summed E-state index contributed by atoms with van der Waals surface area (Å²) in [4.78, 5) is 23.7. The molecule has 0 unspecified atom stereocenters. The van der Waals surface area contributed by atoms with Crippen LogP contribution in [0.3, 0.4) is 0 Å². The standard InChI is InChI=1S/C14H14ClN3O5S/c1-7-11(12(8(2)23-7)24(16,21)22)14(20)18-17-13(19)9-3-5-10(15)6-4-9/h3-6H,1-2H3,(H,17,19)(H,18,20)(H2,16,21,22). The van der Waals surface area contributed by atoms with Crippen molar-refractivity contribution >= 4 is 33.4 Å². The third-order valence-electron chi connectivity index (χ3n) is 3.11. The molecular formula is C14H14ClN3O5S. The molecule has 0 saturated carbocycles. The van der Waals surface area contributed by atoms with Crippen LogP contribution in [0, 0.1) is 13.8 Å². The molecule has 0 aliphatic rings. The summed E-state index contributed by atoms with van der Waals surface area (Å²) >= 11 is 5.72. The Labute approximate surface area is 143 Å². The minimum atomic E-state index is -4.17. The number of carbonyl (C=O) groups is 2. The molecule has 10 heteroatoms. The zero-order valence-electron chi connectivity index (χ0n) is 12.7. The maximum Gasteiger partial charge on any atom is 0.274 e. The minimum absolute atomic E-state index is 0.0100. The second-order valence-electron chi connectivity index (χ2n) is 4.88. The number of nitrogens with one attached hydrogen (secondary N) is 2. The second kappa shape index (κ2) is 6.63. The molecule has 2 amide bonds. The summed E-state index contributed by atoms with van der Waals surface area (Å²) in [6.45, 7) is 2.79. The Bertz CT molecular complexity index is 903. The molecule has 0 atom stereocenters. The zero-order valence-corrected chi connectivity index (χ0v) is 14.3. The number of benzene rings is 1. The minimum Gasteiger partial charge on any atom is -0.464 e. The molecule has 1 aromatic heterocycles. The molecule has 2 rings (SSSR count). The summed E-state index contributed by atoms with van der Waals surface area (Å²) in [6, 6.07) is 5.96. The van der Waals surface area contributed by atoms with E-state index in [4.69, 9.17) is 21.2 Å². The van der Waals surface area contributed by atoms with Crippen LogP contribution in [-0.2, 0) is 10.0 Å². The first-order valence-corrected chi connectivity index (χ1v) is 8.52. The van der Waals surface area contributed by atoms with Crippen molar-refractivity contribution in [1.29, 1.82) is 0 Å². The van der Waals surface area contributed by atoms with E-state index in [0.29, 0.717) is 5.02 Å². The number of halogens is 1. The molecule has 1 aromatic carbocycles. The molecule has 24 heavy (non-hydrogen) atoms. The number of hydrazine groups is 1. The first kappa shape index (κ1) is 18.0. The molecule has 0 fully saturated rings. The normalized spacial score (nSPS) is 11.2. The van der Waals surface area contributed by atoms with E-state index < -0.39 is 26.7 Å². The molecule has 0 saturated heterocycles. The topological polar surface area (TPSA) is 132 Å². The fourth-order valence-corrected chi connectivity index (χ4v) is 3.21. The number of sulfonamides is 1. The van der Waals surface area contributed by atoms with Gasteiger partial charge < -0.3 is 4.42 Å². The van der Waals surface area contributed by atoms with E-state index in [9.17, 15) is 18.0 Å². The number of hydrogen-bond donors (Lipinski definition) is 3. The van der Waals surface area contributed by atoms with Crippen molar-refractivity contribution in [1.82, 2.24) is 10.9 Å². The summed E-state index contributed by atoms with van der Waals surface area (Å²) < 4.78 is 28.4. The average molecular weight is 372 g/mol. The van der Waals surface area contributed by atoms with E-state index in [0.717, 1.165) is 0 Å². The van der Waals surface area contributed by atoms with Gasteiger partial charge in [0.05, 0.1) is 0 Å². The van der Waals surface area contributed by atoms with Gasteiger partial charge in [-0.2, -0.15) is 0 Å². The fourth-order valence-electron chi connectivity index (χ4n) is 2.12. The van der Waals surface area contributed by atoms with E-state index in [2.05, 4.69) is 10.9 Å². The van der Waals surface area contributed by atoms with Crippen molar-refractivity contribution < 1.29 is 22.4 Å². The van der Waals surface area contributed by atoms with Crippen molar-refractivity contribution in [2.24, 2.45) is 5.14 Å². The number of hydrogen-bond acceptors (Lipinski definition) is 5. The van der Waals surface area contributed by atoms with Crippen LogP contribution in [0.25, 0.3) is 0 Å². The van der Waals surface area contributed by atoms with Gasteiger partial charge in [-0.15, -0.1) is 0 Å². The molecule has 0 aliphatic heterocycles. The monoisotopic (exact) mass is 371 g/mol. The van der Waals surface area contributed by atoms with E-state index >= 15 is 0 Å². The first-order valence-electron chi connectivity index (χ1n) is 6.60. The number of rotatable bonds is 3. The number of furan rings is 1. The molecule has 0 aliphatic carbocycles. The van der Waals surface area contributed by atoms with Crippen LogP contribution in [0.15, 0.2) is 33.6 Å². The number of nitrogens with two attached hydrogens (primary N) is 1. The van der Waals surface area contributed by atoms with Gasteiger partial charge in [-0.05, 0) is 38.1 Å². The van der Waals surface area contributed by atoms with Gasteiger partial charge in [0.2, 0.25) is 10.0 Å². The van der Waals surface area contributed by atoms with E-state index in [1.165, 1.54) is 38.1 Å². The largest absolute Gasteiger partial charge is 0.464 e. The Balaban J connectivity index is 2.19. The smallest absolute Gasteiger partial charge is 0.274 e. The quantitative estimate of drug-likeness (QED) is 0.699. The Morgan fingerprint density at radius 2 is 1.58 bits per heavy atom. The van der Waals surface area contributed by atoms with Crippen LogP contribution >= 0.6 is 11.6 Å². The Hall–Kier alpha value is -2.36. The summed E-state index contributed by atoms with van der Waals surface area (Å²) in [5, 5.41) is 5.56. The van der Waals surface area contributed by atoms with Crippen molar-refractivity contribution in [3.05, 3.63) is 51.9 Å². The predicted molar refractivity (Wildman–Crippen MR) is 85.9 cm³/mol. The Kier molecular flexibility index (Phi) is 4.97. The van der Waals surface area contributed by atoms with Gasteiger partial charge in [0.15, 0.2) is 0 Å². The second-order valence-corrected chi connectivity index (χ2v) is 6.81. The lowest BCUT2D eigenvalue weighted by molar-refractivity contribution is 0.0844. The van der Waals surface area contributed by atoms with Crippen molar-refractivity contribution in [3.63, 3.8) is 0 Å². The molecular weight excluding hydrogens is 358 g/mol. The lowest BCUT2D eigenvalue weighted by Crippen LogP contribution is -2.42. The molecule has 4 N–H and O–H groups in total. The maximum absolute atomic E-state index is 12.2. The highest BCUT2D eigenvalue weighted by Gasteiger charge is 2.28. The molecule has 0 spiro atoms. The lowest BCUT2D eigenvalue weighted by atomic mass is 10.2. The molecule has 1 heterocycles. The first-order chi connectivity index (χ1) is 11.1. The van der Waals surface area contributed by atoms with Crippen LogP contribution in [0.5, 0.6) is 0 Å². The van der Waals surface area contributed by atoms with Crippen LogP contribution in [0.1, 0.15) is 32.2 Å². The summed E-state index contributed by atoms with van der Waals surface area (Å²) in [7, 11) is -4.17. The van der Waals surface area contributed by atoms with E-state index in [-0.39, 0.29) is 22.6 Å². The number of aryl methyl sites for hydroxylation is 2. The zero-order chi connectivity index (χ0) is 18.1. The lowest BCUT2D eigenvalue weighted by Gasteiger charge is -2.08. The van der Waals surface area contributed by atoms with Gasteiger partial charge >= 0.3 is 0 Å². The van der Waals surface area contributed by atoms with E-state index in [1.807, 2.05) is 0 Å². The predicted octanol–water partition coefficient (Wildman–Crippen LogP) is 1.27.